The highest BCUT2D eigenvalue weighted by Crippen LogP contribution is 2.40. The molecule has 0 aromatic heterocycles. The number of nitrogens with one attached hydrogen (secondary N) is 1. The fraction of sp³-hybridized carbons (Fsp3) is 0.611. The molecule has 1 spiro atoms. The summed E-state index contributed by atoms with van der Waals surface area (Å²) in [6, 6.07) is 8.79. The van der Waals surface area contributed by atoms with Gasteiger partial charge in [-0.15, -0.1) is 0 Å². The summed E-state index contributed by atoms with van der Waals surface area (Å²) < 4.78 is 0. The van der Waals surface area contributed by atoms with Crippen molar-refractivity contribution in [3.63, 3.8) is 0 Å². The van der Waals surface area contributed by atoms with Crippen molar-refractivity contribution in [2.75, 3.05) is 11.1 Å². The molecule has 1 heterocycles. The average Bonchev–Trinajstić information content (AvgIpc) is 2.82. The highest BCUT2D eigenvalue weighted by molar-refractivity contribution is 8.14. The van der Waals surface area contributed by atoms with Gasteiger partial charge in [0.05, 0.1) is 5.54 Å². The Hall–Kier alpha value is -0.960. The van der Waals surface area contributed by atoms with Crippen molar-refractivity contribution in [3.8, 4) is 0 Å². The van der Waals surface area contributed by atoms with Crippen LogP contribution in [-0.4, -0.2) is 16.5 Å². The van der Waals surface area contributed by atoms with Crippen LogP contribution in [0.4, 0.5) is 5.69 Å². The van der Waals surface area contributed by atoms with E-state index in [9.17, 15) is 0 Å². The summed E-state index contributed by atoms with van der Waals surface area (Å²) in [5.74, 6) is 1.16. The maximum atomic E-state index is 5.01. The third kappa shape index (κ3) is 3.45. The predicted octanol–water partition coefficient (Wildman–Crippen LogP) is 5.20. The van der Waals surface area contributed by atoms with Crippen LogP contribution in [0.25, 0.3) is 0 Å². The van der Waals surface area contributed by atoms with Crippen molar-refractivity contribution in [1.82, 2.24) is 0 Å². The number of hydrogen-bond donors (Lipinski definition) is 1. The van der Waals surface area contributed by atoms with Crippen LogP contribution in [0.15, 0.2) is 29.3 Å². The molecule has 0 saturated heterocycles. The predicted molar refractivity (Wildman–Crippen MR) is 94.5 cm³/mol. The minimum atomic E-state index is 0.213. The highest BCUT2D eigenvalue weighted by Gasteiger charge is 2.36. The fourth-order valence-electron chi connectivity index (χ4n) is 3.19. The molecule has 3 heteroatoms. The Morgan fingerprint density at radius 1 is 1.05 bits per heavy atom. The number of benzene rings is 1. The lowest BCUT2D eigenvalue weighted by Crippen LogP contribution is -2.29. The molecule has 0 bridgehead atoms. The first-order chi connectivity index (χ1) is 9.97. The van der Waals surface area contributed by atoms with Gasteiger partial charge in [0.1, 0.15) is 0 Å². The lowest BCUT2D eigenvalue weighted by atomic mass is 9.84. The summed E-state index contributed by atoms with van der Waals surface area (Å²) in [6.45, 7) is 6.75. The van der Waals surface area contributed by atoms with Gasteiger partial charge in [0.15, 0.2) is 5.17 Å². The van der Waals surface area contributed by atoms with Gasteiger partial charge in [-0.05, 0) is 36.0 Å². The monoisotopic (exact) mass is 302 g/mol. The number of hydrogen-bond acceptors (Lipinski definition) is 3. The number of amidine groups is 1. The van der Waals surface area contributed by atoms with E-state index in [0.717, 1.165) is 16.6 Å². The standard InChI is InChI=1S/C18H26N2S/c1-17(2,3)14-7-9-15(10-8-14)19-16-20-18(13-21-16)11-5-4-6-12-18/h7-10H,4-6,11-13H2,1-3H3,(H,19,20). The van der Waals surface area contributed by atoms with E-state index < -0.39 is 0 Å². The zero-order valence-electron chi connectivity index (χ0n) is 13.4. The molecule has 114 valence electrons. The van der Waals surface area contributed by atoms with Crippen LogP contribution in [0.2, 0.25) is 0 Å². The van der Waals surface area contributed by atoms with E-state index in [1.807, 2.05) is 11.8 Å². The minimum absolute atomic E-state index is 0.213. The Balaban J connectivity index is 1.68. The largest absolute Gasteiger partial charge is 0.335 e. The molecular weight excluding hydrogens is 276 g/mol. The molecule has 0 atom stereocenters. The van der Waals surface area contributed by atoms with Gasteiger partial charge in [-0.25, -0.2) is 0 Å². The summed E-state index contributed by atoms with van der Waals surface area (Å²) in [6.07, 6.45) is 6.62. The fourth-order valence-corrected chi connectivity index (χ4v) is 4.40. The van der Waals surface area contributed by atoms with Crippen LogP contribution >= 0.6 is 11.8 Å². The third-order valence-electron chi connectivity index (χ3n) is 4.60. The van der Waals surface area contributed by atoms with Gasteiger partial charge >= 0.3 is 0 Å². The van der Waals surface area contributed by atoms with E-state index in [0.29, 0.717) is 0 Å². The molecule has 1 aromatic carbocycles. The molecule has 0 unspecified atom stereocenters. The SMILES string of the molecule is CC(C)(C)c1ccc(NC2=NC3(CCCCC3)CS2)cc1. The van der Waals surface area contributed by atoms with Crippen LogP contribution in [-0.2, 0) is 5.41 Å². The first-order valence-electron chi connectivity index (χ1n) is 8.07. The average molecular weight is 302 g/mol. The third-order valence-corrected chi connectivity index (χ3v) is 5.75. The molecule has 2 aliphatic rings. The van der Waals surface area contributed by atoms with Gasteiger partial charge in [-0.2, -0.15) is 0 Å². The van der Waals surface area contributed by atoms with Crippen LogP contribution in [0.5, 0.6) is 0 Å². The van der Waals surface area contributed by atoms with Crippen LogP contribution in [0.3, 0.4) is 0 Å². The van der Waals surface area contributed by atoms with Gasteiger partial charge in [0, 0.05) is 11.4 Å². The minimum Gasteiger partial charge on any atom is -0.335 e. The number of rotatable bonds is 1. The number of aliphatic imine (C=N–C) groups is 1. The molecular formula is C18H26N2S. The molecule has 1 fully saturated rings. The summed E-state index contributed by atoms with van der Waals surface area (Å²) in [7, 11) is 0. The molecule has 1 aliphatic heterocycles. The van der Waals surface area contributed by atoms with E-state index in [1.54, 1.807) is 0 Å². The van der Waals surface area contributed by atoms with Crippen molar-refractivity contribution < 1.29 is 0 Å². The Morgan fingerprint density at radius 2 is 1.71 bits per heavy atom. The summed E-state index contributed by atoms with van der Waals surface area (Å²) in [5.41, 5.74) is 2.99. The van der Waals surface area contributed by atoms with E-state index >= 15 is 0 Å². The maximum Gasteiger partial charge on any atom is 0.161 e. The molecule has 1 aliphatic carbocycles. The normalized spacial score (nSPS) is 21.4. The van der Waals surface area contributed by atoms with Crippen LogP contribution in [0.1, 0.15) is 58.4 Å². The first-order valence-corrected chi connectivity index (χ1v) is 9.06. The molecule has 0 radical (unpaired) electrons. The van der Waals surface area contributed by atoms with Gasteiger partial charge < -0.3 is 5.32 Å². The first kappa shape index (κ1) is 15.0. The number of thioether (sulfide) groups is 1. The van der Waals surface area contributed by atoms with Gasteiger partial charge in [0.25, 0.3) is 0 Å². The van der Waals surface area contributed by atoms with E-state index in [1.165, 1.54) is 37.7 Å². The number of anilines is 1. The zero-order chi connectivity index (χ0) is 14.9. The Bertz CT molecular complexity index is 519. The van der Waals surface area contributed by atoms with Crippen molar-refractivity contribution in [2.24, 2.45) is 4.99 Å². The van der Waals surface area contributed by atoms with Gasteiger partial charge in [0.2, 0.25) is 0 Å². The molecule has 3 rings (SSSR count). The Labute approximate surface area is 132 Å². The molecule has 2 nitrogen and oxygen atoms in total. The Morgan fingerprint density at radius 3 is 2.33 bits per heavy atom. The van der Waals surface area contributed by atoms with Crippen molar-refractivity contribution in [1.29, 1.82) is 0 Å². The molecule has 1 N–H and O–H groups in total. The second-order valence-electron chi connectivity index (χ2n) is 7.44. The molecule has 21 heavy (non-hydrogen) atoms. The Kier molecular flexibility index (Phi) is 4.04. The summed E-state index contributed by atoms with van der Waals surface area (Å²) in [4.78, 5) is 5.01. The maximum absolute atomic E-state index is 5.01. The lowest BCUT2D eigenvalue weighted by Gasteiger charge is -2.29. The van der Waals surface area contributed by atoms with Gasteiger partial charge in [-0.3, -0.25) is 4.99 Å². The second-order valence-corrected chi connectivity index (χ2v) is 8.41. The number of nitrogens with zero attached hydrogens (tertiary/aromatic N) is 1. The van der Waals surface area contributed by atoms with Crippen LogP contribution in [0, 0.1) is 0 Å². The lowest BCUT2D eigenvalue weighted by molar-refractivity contribution is 0.335. The summed E-state index contributed by atoms with van der Waals surface area (Å²) in [5, 5.41) is 4.62. The smallest absolute Gasteiger partial charge is 0.161 e. The molecule has 1 aromatic rings. The van der Waals surface area contributed by atoms with Crippen molar-refractivity contribution in [2.45, 2.75) is 63.8 Å². The topological polar surface area (TPSA) is 24.4 Å². The van der Waals surface area contributed by atoms with Crippen molar-refractivity contribution >= 4 is 22.6 Å². The zero-order valence-corrected chi connectivity index (χ0v) is 14.2. The highest BCUT2D eigenvalue weighted by atomic mass is 32.2. The van der Waals surface area contributed by atoms with Gasteiger partial charge in [-0.1, -0.05) is 63.9 Å². The van der Waals surface area contributed by atoms with E-state index in [2.05, 4.69) is 50.4 Å². The quantitative estimate of drug-likeness (QED) is 0.771. The summed E-state index contributed by atoms with van der Waals surface area (Å²) >= 11 is 1.89. The molecule has 0 amide bonds. The van der Waals surface area contributed by atoms with Crippen LogP contribution < -0.4 is 5.32 Å². The van der Waals surface area contributed by atoms with Crippen molar-refractivity contribution in [3.05, 3.63) is 29.8 Å². The van der Waals surface area contributed by atoms with E-state index in [-0.39, 0.29) is 11.0 Å². The van der Waals surface area contributed by atoms with E-state index in [4.69, 9.17) is 4.99 Å². The second kappa shape index (κ2) is 5.68. The molecule has 1 saturated carbocycles.